The highest BCUT2D eigenvalue weighted by atomic mass is 16.5. The number of rotatable bonds is 14. The van der Waals surface area contributed by atoms with Crippen LogP contribution in [0.3, 0.4) is 0 Å². The number of fused-ring (bicyclic) bond motifs is 1. The van der Waals surface area contributed by atoms with Gasteiger partial charge in [-0.3, -0.25) is 9.98 Å². The normalized spacial score (nSPS) is 21.6. The number of allylic oxidation sites excluding steroid dienone is 1. The third kappa shape index (κ3) is 8.17. The van der Waals surface area contributed by atoms with Gasteiger partial charge in [0, 0.05) is 43.3 Å². The molecule has 3 rings (SSSR count). The first-order valence-electron chi connectivity index (χ1n) is 12.3. The first-order chi connectivity index (χ1) is 15.6. The van der Waals surface area contributed by atoms with Crippen LogP contribution in [0.2, 0.25) is 0 Å². The Morgan fingerprint density at radius 3 is 2.62 bits per heavy atom. The second kappa shape index (κ2) is 13.1. The molecule has 3 aliphatic rings. The third-order valence-electron chi connectivity index (χ3n) is 6.16. The van der Waals surface area contributed by atoms with E-state index >= 15 is 0 Å². The van der Waals surface area contributed by atoms with Gasteiger partial charge in [0.25, 0.3) is 0 Å². The predicted octanol–water partition coefficient (Wildman–Crippen LogP) is 3.97. The van der Waals surface area contributed by atoms with Crippen LogP contribution in [0.25, 0.3) is 0 Å². The molecule has 0 saturated heterocycles. The van der Waals surface area contributed by atoms with E-state index in [-0.39, 0.29) is 18.0 Å². The van der Waals surface area contributed by atoms with E-state index in [1.165, 1.54) is 37.7 Å². The topological polar surface area (TPSA) is 122 Å². The van der Waals surface area contributed by atoms with Crippen LogP contribution in [0.1, 0.15) is 70.6 Å². The van der Waals surface area contributed by atoms with Crippen LogP contribution in [-0.4, -0.2) is 43.2 Å². The van der Waals surface area contributed by atoms with E-state index in [2.05, 4.69) is 39.6 Å². The van der Waals surface area contributed by atoms with Gasteiger partial charge in [0.2, 0.25) is 0 Å². The minimum absolute atomic E-state index is 0.103. The van der Waals surface area contributed by atoms with Crippen LogP contribution < -0.4 is 16.8 Å². The van der Waals surface area contributed by atoms with Crippen molar-refractivity contribution in [1.82, 2.24) is 5.32 Å². The Morgan fingerprint density at radius 2 is 1.88 bits per heavy atom. The number of nitrogens with two attached hydrogens (primary N) is 2. The summed E-state index contributed by atoms with van der Waals surface area (Å²) >= 11 is 0. The maximum atomic E-state index is 8.28. The van der Waals surface area contributed by atoms with Crippen molar-refractivity contribution in [3.05, 3.63) is 35.6 Å². The smallest absolute Gasteiger partial charge is 0.185 e. The zero-order valence-electron chi connectivity index (χ0n) is 19.3. The van der Waals surface area contributed by atoms with E-state index in [1.54, 1.807) is 0 Å². The average Bonchev–Trinajstić information content (AvgIpc) is 3.21. The van der Waals surface area contributed by atoms with Crippen molar-refractivity contribution in [3.63, 3.8) is 0 Å². The maximum absolute atomic E-state index is 8.28. The molecule has 6 N–H and O–H groups in total. The van der Waals surface area contributed by atoms with Crippen molar-refractivity contribution >= 4 is 17.5 Å². The number of guanidine groups is 1. The van der Waals surface area contributed by atoms with Gasteiger partial charge in [-0.15, -0.1) is 0 Å². The molecule has 7 nitrogen and oxygen atoms in total. The fraction of sp³-hybridized carbons (Fsp3) is 0.640. The van der Waals surface area contributed by atoms with Gasteiger partial charge in [-0.2, -0.15) is 0 Å². The Kier molecular flexibility index (Phi) is 9.85. The fourth-order valence-electron chi connectivity index (χ4n) is 4.34. The SMILES string of the molecule is N=C(CCCCCCCCCN=C(N)N)CCC1=CC2C=C(C3=NCCCN3)C=CC2O1. The number of unbranched alkanes of at least 4 members (excludes halogenated alkanes) is 6. The monoisotopic (exact) mass is 440 g/mol. The standard InChI is InChI=1S/C25H40N6O/c26-21(9-6-4-2-1-3-5-7-14-31-25(27)28)11-12-22-18-20-17-19(10-13-23(20)32-22)24-29-15-8-16-30-24/h10,13,17-18,20,23,26H,1-9,11-12,14-16H2,(H,29,30)(H4,27,28,31). The Hall–Kier alpha value is -2.57. The Balaban J connectivity index is 1.25. The molecule has 0 aromatic rings. The van der Waals surface area contributed by atoms with E-state index in [9.17, 15) is 0 Å². The summed E-state index contributed by atoms with van der Waals surface area (Å²) in [5, 5.41) is 11.7. The van der Waals surface area contributed by atoms with Gasteiger partial charge >= 0.3 is 0 Å². The molecule has 0 radical (unpaired) electrons. The molecule has 2 atom stereocenters. The van der Waals surface area contributed by atoms with Crippen molar-refractivity contribution in [3.8, 4) is 0 Å². The van der Waals surface area contributed by atoms with Gasteiger partial charge in [-0.05, 0) is 44.3 Å². The number of hydrogen-bond donors (Lipinski definition) is 4. The second-order valence-corrected chi connectivity index (χ2v) is 8.92. The molecule has 0 saturated carbocycles. The number of hydrogen-bond acceptors (Lipinski definition) is 5. The first-order valence-corrected chi connectivity index (χ1v) is 12.3. The highest BCUT2D eigenvalue weighted by Crippen LogP contribution is 2.32. The molecule has 2 aliphatic heterocycles. The lowest BCUT2D eigenvalue weighted by Crippen LogP contribution is -2.32. The van der Waals surface area contributed by atoms with E-state index in [0.717, 1.165) is 75.5 Å². The van der Waals surface area contributed by atoms with Crippen molar-refractivity contribution in [2.45, 2.75) is 76.7 Å². The zero-order chi connectivity index (χ0) is 22.6. The zero-order valence-corrected chi connectivity index (χ0v) is 19.3. The van der Waals surface area contributed by atoms with Gasteiger partial charge < -0.3 is 26.9 Å². The lowest BCUT2D eigenvalue weighted by atomic mass is 9.93. The summed E-state index contributed by atoms with van der Waals surface area (Å²) in [5.74, 6) is 2.52. The predicted molar refractivity (Wildman–Crippen MR) is 133 cm³/mol. The van der Waals surface area contributed by atoms with Gasteiger partial charge in [0.05, 0.1) is 5.76 Å². The summed E-state index contributed by atoms with van der Waals surface area (Å²) in [6.07, 6.45) is 20.8. The molecule has 0 bridgehead atoms. The highest BCUT2D eigenvalue weighted by Gasteiger charge is 2.29. The van der Waals surface area contributed by atoms with Gasteiger partial charge in [0.15, 0.2) is 5.96 Å². The summed E-state index contributed by atoms with van der Waals surface area (Å²) in [5.41, 5.74) is 12.7. The molecule has 0 amide bonds. The van der Waals surface area contributed by atoms with Crippen LogP contribution in [-0.2, 0) is 4.74 Å². The molecule has 2 unspecified atom stereocenters. The fourth-order valence-corrected chi connectivity index (χ4v) is 4.34. The third-order valence-corrected chi connectivity index (χ3v) is 6.16. The summed E-state index contributed by atoms with van der Waals surface area (Å²) in [6, 6.07) is 0. The largest absolute Gasteiger partial charge is 0.490 e. The molecule has 0 aromatic heterocycles. The molecule has 0 spiro atoms. The van der Waals surface area contributed by atoms with Gasteiger partial charge in [-0.25, -0.2) is 0 Å². The van der Waals surface area contributed by atoms with Crippen molar-refractivity contribution in [2.24, 2.45) is 27.4 Å². The van der Waals surface area contributed by atoms with Crippen LogP contribution in [0.15, 0.2) is 45.6 Å². The van der Waals surface area contributed by atoms with Crippen LogP contribution in [0, 0.1) is 11.3 Å². The van der Waals surface area contributed by atoms with Crippen LogP contribution in [0.4, 0.5) is 0 Å². The Morgan fingerprint density at radius 1 is 1.09 bits per heavy atom. The van der Waals surface area contributed by atoms with Crippen LogP contribution in [0.5, 0.6) is 0 Å². The quantitative estimate of drug-likeness (QED) is 0.185. The number of amidine groups is 1. The minimum Gasteiger partial charge on any atom is -0.490 e. The highest BCUT2D eigenvalue weighted by molar-refractivity contribution is 6.01. The average molecular weight is 441 g/mol. The van der Waals surface area contributed by atoms with E-state index in [0.29, 0.717) is 0 Å². The molecule has 32 heavy (non-hydrogen) atoms. The Labute approximate surface area is 192 Å². The van der Waals surface area contributed by atoms with E-state index in [4.69, 9.17) is 21.6 Å². The molecule has 1 aliphatic carbocycles. The van der Waals surface area contributed by atoms with E-state index in [1.807, 2.05) is 0 Å². The molecule has 176 valence electrons. The van der Waals surface area contributed by atoms with Crippen LogP contribution >= 0.6 is 0 Å². The summed E-state index contributed by atoms with van der Waals surface area (Å²) in [7, 11) is 0. The second-order valence-electron chi connectivity index (χ2n) is 8.92. The van der Waals surface area contributed by atoms with E-state index < -0.39 is 0 Å². The molecule has 7 heteroatoms. The number of nitrogens with one attached hydrogen (secondary N) is 2. The van der Waals surface area contributed by atoms with Gasteiger partial charge in [-0.1, -0.05) is 44.3 Å². The summed E-state index contributed by atoms with van der Waals surface area (Å²) in [4.78, 5) is 8.60. The molecule has 2 heterocycles. The molecular formula is C25H40N6O. The number of nitrogens with zero attached hydrogens (tertiary/aromatic N) is 2. The number of aliphatic imine (C=N–C) groups is 2. The first kappa shape index (κ1) is 24.1. The van der Waals surface area contributed by atoms with Crippen molar-refractivity contribution < 1.29 is 4.74 Å². The maximum Gasteiger partial charge on any atom is 0.185 e. The summed E-state index contributed by atoms with van der Waals surface area (Å²) < 4.78 is 6.11. The van der Waals surface area contributed by atoms with Crippen molar-refractivity contribution in [2.75, 3.05) is 19.6 Å². The lowest BCUT2D eigenvalue weighted by Gasteiger charge is -2.21. The molecular weight excluding hydrogens is 400 g/mol. The van der Waals surface area contributed by atoms with Gasteiger partial charge in [0.1, 0.15) is 11.9 Å². The van der Waals surface area contributed by atoms with Crippen molar-refractivity contribution in [1.29, 1.82) is 5.41 Å². The lowest BCUT2D eigenvalue weighted by molar-refractivity contribution is 0.158. The molecule has 0 fully saturated rings. The summed E-state index contributed by atoms with van der Waals surface area (Å²) in [6.45, 7) is 2.64. The molecule has 0 aromatic carbocycles. The minimum atomic E-state index is 0.103. The number of ether oxygens (including phenoxy) is 1. The Bertz CT molecular complexity index is 775.